The number of hydrogen-bond acceptors (Lipinski definition) is 6. The molecule has 1 aromatic carbocycles. The Morgan fingerprint density at radius 2 is 2.21 bits per heavy atom. The fourth-order valence-electron chi connectivity index (χ4n) is 2.41. The van der Waals surface area contributed by atoms with Gasteiger partial charge < -0.3 is 14.5 Å². The summed E-state index contributed by atoms with van der Waals surface area (Å²) in [7, 11) is 1.57. The number of aromatic nitrogens is 2. The van der Waals surface area contributed by atoms with Gasteiger partial charge in [0.25, 0.3) is 0 Å². The summed E-state index contributed by atoms with van der Waals surface area (Å²) in [5.41, 5.74) is 2.35. The second-order valence-electron chi connectivity index (χ2n) is 5.25. The van der Waals surface area contributed by atoms with Crippen molar-refractivity contribution < 1.29 is 13.9 Å². The van der Waals surface area contributed by atoms with Gasteiger partial charge in [-0.15, -0.1) is 11.3 Å². The average molecular weight is 343 g/mol. The lowest BCUT2D eigenvalue weighted by molar-refractivity contribution is -0.115. The number of rotatable bonds is 5. The van der Waals surface area contributed by atoms with E-state index in [9.17, 15) is 4.79 Å². The number of carbonyl (C=O) groups excluding carboxylic acids is 1. The van der Waals surface area contributed by atoms with Crippen LogP contribution in [0.4, 0.5) is 5.69 Å². The zero-order chi connectivity index (χ0) is 17.1. The lowest BCUT2D eigenvalue weighted by Crippen LogP contribution is -2.14. The molecular weight excluding hydrogens is 326 g/mol. The number of oxazole rings is 1. The van der Waals surface area contributed by atoms with E-state index in [1.807, 2.05) is 26.0 Å². The van der Waals surface area contributed by atoms with Crippen LogP contribution in [0.3, 0.4) is 0 Å². The molecule has 1 N–H and O–H groups in total. The molecule has 0 bridgehead atoms. The summed E-state index contributed by atoms with van der Waals surface area (Å²) in [5.74, 6) is 1.13. The van der Waals surface area contributed by atoms with Crippen molar-refractivity contribution in [2.45, 2.75) is 20.3 Å². The number of amides is 1. The number of nitrogens with zero attached hydrogens (tertiary/aromatic N) is 2. The molecule has 3 rings (SSSR count). The van der Waals surface area contributed by atoms with Gasteiger partial charge in [0.15, 0.2) is 12.2 Å². The first kappa shape index (κ1) is 16.2. The summed E-state index contributed by atoms with van der Waals surface area (Å²) in [6.45, 7) is 3.85. The van der Waals surface area contributed by atoms with Gasteiger partial charge in [0.05, 0.1) is 36.0 Å². The van der Waals surface area contributed by atoms with Gasteiger partial charge in [0, 0.05) is 16.6 Å². The molecule has 6 nitrogen and oxygen atoms in total. The van der Waals surface area contributed by atoms with E-state index in [2.05, 4.69) is 15.3 Å². The van der Waals surface area contributed by atoms with Crippen molar-refractivity contribution in [3.63, 3.8) is 0 Å². The molecule has 0 unspecified atom stereocenters. The molecule has 124 valence electrons. The van der Waals surface area contributed by atoms with Gasteiger partial charge in [-0.1, -0.05) is 0 Å². The number of ether oxygens (including phenoxy) is 1. The van der Waals surface area contributed by atoms with E-state index in [-0.39, 0.29) is 5.91 Å². The summed E-state index contributed by atoms with van der Waals surface area (Å²) in [5, 5.41) is 3.85. The smallest absolute Gasteiger partial charge is 0.229 e. The molecular formula is C17H17N3O3S. The third kappa shape index (κ3) is 3.46. The zero-order valence-corrected chi connectivity index (χ0v) is 14.4. The number of carbonyl (C=O) groups is 1. The van der Waals surface area contributed by atoms with Crippen molar-refractivity contribution in [3.8, 4) is 17.1 Å². The van der Waals surface area contributed by atoms with Gasteiger partial charge in [-0.2, -0.15) is 0 Å². The maximum Gasteiger partial charge on any atom is 0.229 e. The number of aryl methyl sites for hydroxylation is 2. The fraction of sp³-hybridized carbons (Fsp3) is 0.235. The Kier molecular flexibility index (Phi) is 4.61. The largest absolute Gasteiger partial charge is 0.496 e. The van der Waals surface area contributed by atoms with Crippen LogP contribution in [0.5, 0.6) is 5.75 Å². The van der Waals surface area contributed by atoms with Crippen molar-refractivity contribution in [1.29, 1.82) is 0 Å². The summed E-state index contributed by atoms with van der Waals surface area (Å²) in [4.78, 5) is 21.5. The highest BCUT2D eigenvalue weighted by atomic mass is 32.1. The summed E-state index contributed by atoms with van der Waals surface area (Å²) in [6, 6.07) is 5.40. The molecule has 0 radical (unpaired) electrons. The number of benzene rings is 1. The molecule has 0 fully saturated rings. The number of nitrogens with one attached hydrogen (secondary N) is 1. The van der Waals surface area contributed by atoms with E-state index >= 15 is 0 Å². The predicted octanol–water partition coefficient (Wildman–Crippen LogP) is 3.60. The first-order valence-electron chi connectivity index (χ1n) is 7.36. The Hall–Kier alpha value is -2.67. The van der Waals surface area contributed by atoms with Crippen LogP contribution in [-0.4, -0.2) is 23.0 Å². The standard InChI is InChI=1S/C17H17N3O3S/c1-10-16(24-11(2)19-10)7-17(21)20-12-4-5-13(14(6-12)22-3)15-8-18-9-23-15/h4-6,8-9H,7H2,1-3H3,(H,20,21). The highest BCUT2D eigenvalue weighted by molar-refractivity contribution is 7.11. The van der Waals surface area contributed by atoms with Crippen LogP contribution in [-0.2, 0) is 11.2 Å². The van der Waals surface area contributed by atoms with Crippen molar-refractivity contribution in [2.75, 3.05) is 12.4 Å². The molecule has 0 aliphatic heterocycles. The first-order valence-corrected chi connectivity index (χ1v) is 8.18. The minimum Gasteiger partial charge on any atom is -0.496 e. The topological polar surface area (TPSA) is 77.2 Å². The number of anilines is 1. The Balaban J connectivity index is 1.75. The molecule has 0 atom stereocenters. The maximum absolute atomic E-state index is 12.3. The number of thiazole rings is 1. The molecule has 2 heterocycles. The van der Waals surface area contributed by atoms with Gasteiger partial charge >= 0.3 is 0 Å². The van der Waals surface area contributed by atoms with Gasteiger partial charge in [-0.05, 0) is 26.0 Å². The Morgan fingerprint density at radius 1 is 1.38 bits per heavy atom. The summed E-state index contributed by atoms with van der Waals surface area (Å²) < 4.78 is 10.7. The van der Waals surface area contributed by atoms with Crippen LogP contribution in [0.15, 0.2) is 35.2 Å². The van der Waals surface area contributed by atoms with E-state index in [0.717, 1.165) is 21.1 Å². The molecule has 2 aromatic heterocycles. The number of methoxy groups -OCH3 is 1. The normalized spacial score (nSPS) is 10.6. The van der Waals surface area contributed by atoms with E-state index in [1.165, 1.54) is 6.39 Å². The SMILES string of the molecule is COc1cc(NC(=O)Cc2sc(C)nc2C)ccc1-c1cnco1. The number of hydrogen-bond donors (Lipinski definition) is 1. The van der Waals surface area contributed by atoms with E-state index in [0.29, 0.717) is 23.6 Å². The van der Waals surface area contributed by atoms with Crippen LogP contribution >= 0.6 is 11.3 Å². The van der Waals surface area contributed by atoms with Crippen LogP contribution in [0.25, 0.3) is 11.3 Å². The second kappa shape index (κ2) is 6.84. The predicted molar refractivity (Wildman–Crippen MR) is 92.4 cm³/mol. The van der Waals surface area contributed by atoms with E-state index in [1.54, 1.807) is 30.7 Å². The molecule has 0 saturated heterocycles. The van der Waals surface area contributed by atoms with Crippen molar-refractivity contribution >= 4 is 22.9 Å². The highest BCUT2D eigenvalue weighted by Gasteiger charge is 2.13. The third-order valence-corrected chi connectivity index (χ3v) is 4.58. The Bertz CT molecular complexity index is 856. The van der Waals surface area contributed by atoms with Crippen LogP contribution in [0.2, 0.25) is 0 Å². The quantitative estimate of drug-likeness (QED) is 0.766. The van der Waals surface area contributed by atoms with Crippen LogP contribution < -0.4 is 10.1 Å². The fourth-order valence-corrected chi connectivity index (χ4v) is 3.35. The van der Waals surface area contributed by atoms with Gasteiger partial charge in [-0.3, -0.25) is 4.79 Å². The average Bonchev–Trinajstić information content (AvgIpc) is 3.17. The molecule has 0 aliphatic carbocycles. The molecule has 0 saturated carbocycles. The van der Waals surface area contributed by atoms with Crippen molar-refractivity contribution in [3.05, 3.63) is 46.4 Å². The van der Waals surface area contributed by atoms with Crippen molar-refractivity contribution in [2.24, 2.45) is 0 Å². The molecule has 3 aromatic rings. The van der Waals surface area contributed by atoms with E-state index < -0.39 is 0 Å². The minimum absolute atomic E-state index is 0.0868. The van der Waals surface area contributed by atoms with Gasteiger partial charge in [0.1, 0.15) is 5.75 Å². The summed E-state index contributed by atoms with van der Waals surface area (Å²) in [6.07, 6.45) is 3.29. The monoisotopic (exact) mass is 343 g/mol. The Labute approximate surface area is 143 Å². The minimum atomic E-state index is -0.0868. The lowest BCUT2D eigenvalue weighted by atomic mass is 10.1. The van der Waals surface area contributed by atoms with Gasteiger partial charge in [-0.25, -0.2) is 9.97 Å². The molecule has 7 heteroatoms. The third-order valence-electron chi connectivity index (χ3n) is 3.50. The summed E-state index contributed by atoms with van der Waals surface area (Å²) >= 11 is 1.55. The van der Waals surface area contributed by atoms with Crippen molar-refractivity contribution in [1.82, 2.24) is 9.97 Å². The van der Waals surface area contributed by atoms with Crippen LogP contribution in [0.1, 0.15) is 15.6 Å². The lowest BCUT2D eigenvalue weighted by Gasteiger charge is -2.10. The second-order valence-corrected chi connectivity index (χ2v) is 6.53. The first-order chi connectivity index (χ1) is 11.6. The van der Waals surface area contributed by atoms with Gasteiger partial charge in [0.2, 0.25) is 5.91 Å². The Morgan fingerprint density at radius 3 is 2.83 bits per heavy atom. The van der Waals surface area contributed by atoms with Crippen LogP contribution in [0, 0.1) is 13.8 Å². The zero-order valence-electron chi connectivity index (χ0n) is 13.6. The molecule has 0 spiro atoms. The highest BCUT2D eigenvalue weighted by Crippen LogP contribution is 2.32. The maximum atomic E-state index is 12.3. The molecule has 1 amide bonds. The molecule has 0 aliphatic rings. The molecule has 24 heavy (non-hydrogen) atoms. The van der Waals surface area contributed by atoms with E-state index in [4.69, 9.17) is 9.15 Å².